The van der Waals surface area contributed by atoms with E-state index in [0.717, 1.165) is 28.1 Å². The second kappa shape index (κ2) is 9.57. The van der Waals surface area contributed by atoms with E-state index in [9.17, 15) is 4.79 Å². The molecule has 0 atom stereocenters. The number of tetrazole rings is 1. The van der Waals surface area contributed by atoms with Crippen molar-refractivity contribution < 1.29 is 18.4 Å². The lowest BCUT2D eigenvalue weighted by Gasteiger charge is -2.29. The van der Waals surface area contributed by atoms with Gasteiger partial charge in [-0.05, 0) is 60.0 Å². The van der Waals surface area contributed by atoms with E-state index in [1.165, 1.54) is 6.08 Å². The summed E-state index contributed by atoms with van der Waals surface area (Å²) in [4.78, 5) is 19.1. The molecule has 1 aliphatic rings. The fourth-order valence-electron chi connectivity index (χ4n) is 3.97. The maximum absolute atomic E-state index is 12.8. The number of furan rings is 1. The summed E-state index contributed by atoms with van der Waals surface area (Å²) in [6.07, 6.45) is 5.50. The van der Waals surface area contributed by atoms with Crippen molar-refractivity contribution in [3.63, 3.8) is 0 Å². The van der Waals surface area contributed by atoms with Crippen molar-refractivity contribution in [3.8, 4) is 17.1 Å². The van der Waals surface area contributed by atoms with Crippen LogP contribution in [-0.2, 0) is 24.4 Å². The first-order valence-electron chi connectivity index (χ1n) is 11.5. The second-order valence-corrected chi connectivity index (χ2v) is 8.71. The van der Waals surface area contributed by atoms with Crippen molar-refractivity contribution in [3.05, 3.63) is 70.8 Å². The van der Waals surface area contributed by atoms with Gasteiger partial charge in [-0.25, -0.2) is 4.98 Å². The molecular formula is C25H26N6O4. The predicted octanol–water partition coefficient (Wildman–Crippen LogP) is 4.06. The lowest BCUT2D eigenvalue weighted by atomic mass is 9.96. The molecule has 4 aromatic rings. The number of aromatic amines is 1. The highest BCUT2D eigenvalue weighted by molar-refractivity contribution is 5.91. The van der Waals surface area contributed by atoms with Crippen molar-refractivity contribution in [1.29, 1.82) is 0 Å². The molecule has 0 bridgehead atoms. The van der Waals surface area contributed by atoms with Crippen LogP contribution in [0.25, 0.3) is 17.5 Å². The van der Waals surface area contributed by atoms with E-state index in [2.05, 4.69) is 25.6 Å². The van der Waals surface area contributed by atoms with E-state index < -0.39 is 0 Å². The van der Waals surface area contributed by atoms with Crippen LogP contribution in [0.4, 0.5) is 0 Å². The number of hydrogen-bond acceptors (Lipinski definition) is 8. The van der Waals surface area contributed by atoms with Gasteiger partial charge in [-0.2, -0.15) is 5.21 Å². The summed E-state index contributed by atoms with van der Waals surface area (Å²) in [7, 11) is 0. The van der Waals surface area contributed by atoms with Gasteiger partial charge in [0.25, 0.3) is 0 Å². The summed E-state index contributed by atoms with van der Waals surface area (Å²) in [5.41, 5.74) is 3.61. The Morgan fingerprint density at radius 3 is 2.91 bits per heavy atom. The molecule has 1 aliphatic heterocycles. The van der Waals surface area contributed by atoms with E-state index >= 15 is 0 Å². The highest BCUT2D eigenvalue weighted by Gasteiger charge is 2.24. The minimum atomic E-state index is -0.0730. The van der Waals surface area contributed by atoms with Crippen molar-refractivity contribution in [2.24, 2.45) is 0 Å². The maximum atomic E-state index is 12.8. The fraction of sp³-hybridized carbons (Fsp3) is 0.320. The highest BCUT2D eigenvalue weighted by Crippen LogP contribution is 2.34. The summed E-state index contributed by atoms with van der Waals surface area (Å²) >= 11 is 0. The molecule has 0 aliphatic carbocycles. The van der Waals surface area contributed by atoms with Gasteiger partial charge in [0.15, 0.2) is 5.89 Å². The van der Waals surface area contributed by atoms with Gasteiger partial charge in [-0.3, -0.25) is 4.79 Å². The molecule has 3 aromatic heterocycles. The summed E-state index contributed by atoms with van der Waals surface area (Å²) in [6, 6.07) is 7.56. The SMILES string of the molecule is Cc1oc(C(C)C)nc1COc1cc2c(cc1-c1nn[nH]n1)CCN(C(=O)/C=C/c1ccco1)C2. The minimum Gasteiger partial charge on any atom is -0.486 e. The third-order valence-corrected chi connectivity index (χ3v) is 5.91. The Morgan fingerprint density at radius 1 is 1.31 bits per heavy atom. The minimum absolute atomic E-state index is 0.0730. The van der Waals surface area contributed by atoms with Gasteiger partial charge in [0.1, 0.15) is 29.6 Å². The molecule has 1 aromatic carbocycles. The molecule has 0 saturated heterocycles. The zero-order valence-corrected chi connectivity index (χ0v) is 19.8. The number of benzene rings is 1. The van der Waals surface area contributed by atoms with E-state index in [4.69, 9.17) is 13.6 Å². The van der Waals surface area contributed by atoms with Gasteiger partial charge in [0.2, 0.25) is 11.7 Å². The Balaban J connectivity index is 1.39. The molecule has 0 fully saturated rings. The standard InChI is InChI=1S/C25H26N6O4/c1-15(2)25-26-21(16(3)35-25)14-34-22-12-18-13-31(23(32)7-6-19-5-4-10-33-19)9-8-17(18)11-20(22)24-27-29-30-28-24/h4-7,10-12,15H,8-9,13-14H2,1-3H3,(H,27,28,29,30)/b7-6+. The van der Waals surface area contributed by atoms with Gasteiger partial charge in [0.05, 0.1) is 11.8 Å². The number of amides is 1. The molecule has 1 N–H and O–H groups in total. The molecular weight excluding hydrogens is 448 g/mol. The first-order chi connectivity index (χ1) is 17.0. The molecule has 1 amide bonds. The van der Waals surface area contributed by atoms with Gasteiger partial charge in [-0.1, -0.05) is 13.8 Å². The van der Waals surface area contributed by atoms with Crippen molar-refractivity contribution in [2.75, 3.05) is 6.54 Å². The van der Waals surface area contributed by atoms with Gasteiger partial charge in [0, 0.05) is 25.1 Å². The third kappa shape index (κ3) is 4.86. The number of hydrogen-bond donors (Lipinski definition) is 1. The molecule has 0 saturated carbocycles. The molecule has 35 heavy (non-hydrogen) atoms. The molecule has 5 rings (SSSR count). The lowest BCUT2D eigenvalue weighted by molar-refractivity contribution is -0.126. The number of aryl methyl sites for hydroxylation is 1. The van der Waals surface area contributed by atoms with Crippen molar-refractivity contribution in [2.45, 2.75) is 46.3 Å². The smallest absolute Gasteiger partial charge is 0.246 e. The van der Waals surface area contributed by atoms with Gasteiger partial charge < -0.3 is 18.5 Å². The molecule has 0 unspecified atom stereocenters. The number of H-pyrrole nitrogens is 1. The Hall–Kier alpha value is -4.21. The summed E-state index contributed by atoms with van der Waals surface area (Å²) in [5.74, 6) is 3.21. The molecule has 180 valence electrons. The van der Waals surface area contributed by atoms with Crippen LogP contribution < -0.4 is 4.74 Å². The number of oxazole rings is 1. The Labute approximate surface area is 202 Å². The number of fused-ring (bicyclic) bond motifs is 1. The number of nitrogens with one attached hydrogen (secondary N) is 1. The Kier molecular flexibility index (Phi) is 6.17. The van der Waals surface area contributed by atoms with Crippen molar-refractivity contribution >= 4 is 12.0 Å². The summed E-state index contributed by atoms with van der Waals surface area (Å²) < 4.78 is 17.2. The van der Waals surface area contributed by atoms with Crippen LogP contribution in [0.3, 0.4) is 0 Å². The Morgan fingerprint density at radius 2 is 2.20 bits per heavy atom. The van der Waals surface area contributed by atoms with Gasteiger partial charge in [-0.15, -0.1) is 10.2 Å². The van der Waals surface area contributed by atoms with Crippen LogP contribution in [0.5, 0.6) is 5.75 Å². The Bertz CT molecular complexity index is 1340. The zero-order valence-electron chi connectivity index (χ0n) is 19.8. The molecule has 4 heterocycles. The normalized spacial score (nSPS) is 13.5. The average molecular weight is 475 g/mol. The van der Waals surface area contributed by atoms with Gasteiger partial charge >= 0.3 is 0 Å². The summed E-state index contributed by atoms with van der Waals surface area (Å²) in [5, 5.41) is 14.5. The fourth-order valence-corrected chi connectivity index (χ4v) is 3.97. The van der Waals surface area contributed by atoms with Crippen LogP contribution in [0.1, 0.15) is 54.0 Å². The van der Waals surface area contributed by atoms with E-state index in [1.807, 2.05) is 32.9 Å². The number of carbonyl (C=O) groups excluding carboxylic acids is 1. The quantitative estimate of drug-likeness (QED) is 0.398. The lowest BCUT2D eigenvalue weighted by Crippen LogP contribution is -2.34. The monoisotopic (exact) mass is 474 g/mol. The average Bonchev–Trinajstić information content (AvgIpc) is 3.63. The first-order valence-corrected chi connectivity index (χ1v) is 11.5. The van der Waals surface area contributed by atoms with E-state index in [0.29, 0.717) is 42.7 Å². The number of rotatable bonds is 7. The van der Waals surface area contributed by atoms with Crippen LogP contribution in [-0.4, -0.2) is 43.0 Å². The second-order valence-electron chi connectivity index (χ2n) is 8.71. The van der Waals surface area contributed by atoms with Crippen LogP contribution in [0.2, 0.25) is 0 Å². The number of aromatic nitrogens is 5. The first kappa shape index (κ1) is 22.6. The van der Waals surface area contributed by atoms with Crippen LogP contribution in [0, 0.1) is 6.92 Å². The number of ether oxygens (including phenoxy) is 1. The van der Waals surface area contributed by atoms with Crippen LogP contribution >= 0.6 is 0 Å². The maximum Gasteiger partial charge on any atom is 0.246 e. The topological polar surface area (TPSA) is 123 Å². The largest absolute Gasteiger partial charge is 0.486 e. The van der Waals surface area contributed by atoms with E-state index in [-0.39, 0.29) is 18.4 Å². The summed E-state index contributed by atoms with van der Waals surface area (Å²) in [6.45, 7) is 7.26. The molecule has 10 heteroatoms. The highest BCUT2D eigenvalue weighted by atomic mass is 16.5. The number of carbonyl (C=O) groups is 1. The van der Waals surface area contributed by atoms with Crippen LogP contribution in [0.15, 0.2) is 45.4 Å². The van der Waals surface area contributed by atoms with Crippen molar-refractivity contribution in [1.82, 2.24) is 30.5 Å². The van der Waals surface area contributed by atoms with E-state index in [1.54, 1.807) is 29.4 Å². The molecule has 0 radical (unpaired) electrons. The zero-order chi connectivity index (χ0) is 24.4. The predicted molar refractivity (Wildman–Crippen MR) is 126 cm³/mol. The number of nitrogens with zero attached hydrogens (tertiary/aromatic N) is 5. The molecule has 10 nitrogen and oxygen atoms in total. The molecule has 0 spiro atoms. The third-order valence-electron chi connectivity index (χ3n) is 5.91.